The fourth-order valence-corrected chi connectivity index (χ4v) is 6.99. The predicted octanol–water partition coefficient (Wildman–Crippen LogP) is 5.15. The molecule has 2 fully saturated rings. The van der Waals surface area contributed by atoms with Gasteiger partial charge in [0, 0.05) is 18.4 Å². The van der Waals surface area contributed by atoms with Crippen molar-refractivity contribution in [3.63, 3.8) is 0 Å². The number of anilines is 1. The SMILES string of the molecule is CN(C)C1(c2cc(-c3ccc(S(=O)(=O)[C@H]4CC[C@H](Nc5ccc(C(F)(F)F)cn5)CC4)cc3)ccn2)COC1. The van der Waals surface area contributed by atoms with Gasteiger partial charge in [0.1, 0.15) is 11.4 Å². The van der Waals surface area contributed by atoms with Crippen molar-refractivity contribution in [2.24, 2.45) is 0 Å². The highest BCUT2D eigenvalue weighted by Crippen LogP contribution is 2.36. The molecule has 208 valence electrons. The van der Waals surface area contributed by atoms with E-state index < -0.39 is 26.8 Å². The number of hydrogen-bond acceptors (Lipinski definition) is 7. The number of nitrogens with one attached hydrogen (secondary N) is 1. The average molecular weight is 561 g/mol. The van der Waals surface area contributed by atoms with Crippen LogP contribution >= 0.6 is 0 Å². The molecule has 1 N–H and O–H groups in total. The predicted molar refractivity (Wildman–Crippen MR) is 142 cm³/mol. The van der Waals surface area contributed by atoms with E-state index in [1.54, 1.807) is 18.3 Å². The lowest BCUT2D eigenvalue weighted by molar-refractivity contribution is -0.137. The Morgan fingerprint density at radius 2 is 1.64 bits per heavy atom. The second-order valence-electron chi connectivity index (χ2n) is 10.5. The smallest absolute Gasteiger partial charge is 0.377 e. The summed E-state index contributed by atoms with van der Waals surface area (Å²) in [5.41, 5.74) is 1.73. The van der Waals surface area contributed by atoms with Crippen molar-refractivity contribution in [3.05, 3.63) is 72.2 Å². The Kier molecular flexibility index (Phi) is 7.43. The molecule has 0 atom stereocenters. The Morgan fingerprint density at radius 3 is 2.18 bits per heavy atom. The molecule has 1 aliphatic heterocycles. The highest BCUT2D eigenvalue weighted by molar-refractivity contribution is 7.92. The summed E-state index contributed by atoms with van der Waals surface area (Å²) >= 11 is 0. The third-order valence-corrected chi connectivity index (χ3v) is 10.1. The number of sulfone groups is 1. The molecule has 0 spiro atoms. The minimum absolute atomic E-state index is 0.0459. The molecule has 0 radical (unpaired) electrons. The van der Waals surface area contributed by atoms with Crippen LogP contribution in [-0.4, -0.2) is 61.9 Å². The molecule has 2 aliphatic rings. The van der Waals surface area contributed by atoms with E-state index in [9.17, 15) is 21.6 Å². The Morgan fingerprint density at radius 1 is 0.949 bits per heavy atom. The largest absolute Gasteiger partial charge is 0.417 e. The van der Waals surface area contributed by atoms with Crippen LogP contribution in [0.5, 0.6) is 0 Å². The maximum atomic E-state index is 13.4. The molecule has 39 heavy (non-hydrogen) atoms. The Bertz CT molecular complexity index is 1400. The van der Waals surface area contributed by atoms with Gasteiger partial charge in [0.2, 0.25) is 0 Å². The first kappa shape index (κ1) is 27.5. The van der Waals surface area contributed by atoms with Gasteiger partial charge < -0.3 is 10.1 Å². The minimum Gasteiger partial charge on any atom is -0.377 e. The Labute approximate surface area is 226 Å². The average Bonchev–Trinajstić information content (AvgIpc) is 2.88. The molecule has 5 rings (SSSR count). The van der Waals surface area contributed by atoms with E-state index in [2.05, 4.69) is 20.2 Å². The Balaban J connectivity index is 1.22. The molecule has 2 aromatic heterocycles. The van der Waals surface area contributed by atoms with Gasteiger partial charge in [0.25, 0.3) is 0 Å². The van der Waals surface area contributed by atoms with Crippen molar-refractivity contribution < 1.29 is 26.3 Å². The lowest BCUT2D eigenvalue weighted by Crippen LogP contribution is -2.57. The van der Waals surface area contributed by atoms with Crippen LogP contribution in [0.15, 0.2) is 65.8 Å². The molecule has 1 aliphatic carbocycles. The number of likely N-dealkylation sites (N-methyl/N-ethyl adjacent to an activating group) is 1. The first-order valence-corrected chi connectivity index (χ1v) is 14.4. The monoisotopic (exact) mass is 560 g/mol. The number of pyridine rings is 2. The van der Waals surface area contributed by atoms with E-state index in [-0.39, 0.29) is 11.6 Å². The second kappa shape index (κ2) is 10.5. The quantitative estimate of drug-likeness (QED) is 0.428. The molecule has 1 saturated carbocycles. The molecule has 3 heterocycles. The normalized spacial score (nSPS) is 21.4. The van der Waals surface area contributed by atoms with Crippen molar-refractivity contribution in [1.82, 2.24) is 14.9 Å². The maximum Gasteiger partial charge on any atom is 0.417 e. The summed E-state index contributed by atoms with van der Waals surface area (Å²) in [7, 11) is 0.491. The number of benzene rings is 1. The van der Waals surface area contributed by atoms with Gasteiger partial charge in [-0.3, -0.25) is 9.88 Å². The van der Waals surface area contributed by atoms with Crippen LogP contribution in [0.25, 0.3) is 11.1 Å². The summed E-state index contributed by atoms with van der Waals surface area (Å²) in [6.45, 7) is 1.15. The zero-order valence-corrected chi connectivity index (χ0v) is 22.6. The highest BCUT2D eigenvalue weighted by atomic mass is 32.2. The van der Waals surface area contributed by atoms with E-state index in [1.165, 1.54) is 6.07 Å². The number of halogens is 3. The zero-order valence-electron chi connectivity index (χ0n) is 21.8. The van der Waals surface area contributed by atoms with Crippen LogP contribution in [0.1, 0.15) is 36.9 Å². The van der Waals surface area contributed by atoms with E-state index in [0.717, 1.165) is 29.1 Å². The third-order valence-electron chi connectivity index (χ3n) is 7.85. The molecule has 3 aromatic rings. The van der Waals surface area contributed by atoms with Gasteiger partial charge in [-0.05, 0) is 87.3 Å². The second-order valence-corrected chi connectivity index (χ2v) is 12.7. The summed E-state index contributed by atoms with van der Waals surface area (Å²) in [6, 6.07) is 13.2. The third kappa shape index (κ3) is 5.53. The Hall–Kier alpha value is -3.02. The van der Waals surface area contributed by atoms with Gasteiger partial charge in [-0.25, -0.2) is 13.4 Å². The van der Waals surface area contributed by atoms with Crippen LogP contribution < -0.4 is 5.32 Å². The van der Waals surface area contributed by atoms with Crippen molar-refractivity contribution in [2.45, 2.75) is 53.6 Å². The first-order chi connectivity index (χ1) is 18.5. The molecular formula is C28H31F3N4O3S. The molecule has 7 nitrogen and oxygen atoms in total. The summed E-state index contributed by atoms with van der Waals surface area (Å²) in [5, 5.41) is 2.63. The van der Waals surface area contributed by atoms with Gasteiger partial charge in [-0.2, -0.15) is 13.2 Å². The number of hydrogen-bond donors (Lipinski definition) is 1. The van der Waals surface area contributed by atoms with E-state index in [0.29, 0.717) is 49.6 Å². The van der Waals surface area contributed by atoms with Crippen molar-refractivity contribution in [2.75, 3.05) is 32.6 Å². The highest BCUT2D eigenvalue weighted by Gasteiger charge is 2.44. The number of ether oxygens (including phenoxy) is 1. The van der Waals surface area contributed by atoms with Crippen molar-refractivity contribution in [1.29, 1.82) is 0 Å². The fourth-order valence-electron chi connectivity index (χ4n) is 5.20. The van der Waals surface area contributed by atoms with E-state index in [4.69, 9.17) is 4.74 Å². The molecule has 0 bridgehead atoms. The van der Waals surface area contributed by atoms with Gasteiger partial charge >= 0.3 is 6.18 Å². The lowest BCUT2D eigenvalue weighted by Gasteiger charge is -2.46. The molecule has 0 amide bonds. The van der Waals surface area contributed by atoms with Crippen molar-refractivity contribution in [3.8, 4) is 11.1 Å². The maximum absolute atomic E-state index is 13.4. The molecule has 1 saturated heterocycles. The number of alkyl halides is 3. The van der Waals surface area contributed by atoms with E-state index >= 15 is 0 Å². The van der Waals surface area contributed by atoms with Crippen LogP contribution in [-0.2, 0) is 26.3 Å². The standard InChI is InChI=1S/C28H31F3N4O3S/c1-35(2)27(17-38-18-27)25-15-20(13-14-32-25)19-3-8-23(9-4-19)39(36,37)24-10-6-22(7-11-24)34-26-12-5-21(16-33-26)28(29,30)31/h3-5,8-9,12-16,22,24H,6-7,10-11,17-18H2,1-2H3,(H,33,34)/t22-,24-. The molecule has 11 heteroatoms. The van der Waals surface area contributed by atoms with Crippen LogP contribution in [0.4, 0.5) is 19.0 Å². The van der Waals surface area contributed by atoms with Crippen LogP contribution in [0, 0.1) is 0 Å². The molecule has 0 unspecified atom stereocenters. The van der Waals surface area contributed by atoms with Crippen LogP contribution in [0.3, 0.4) is 0 Å². The number of rotatable bonds is 7. The summed E-state index contributed by atoms with van der Waals surface area (Å²) in [6.07, 6.45) is 0.236. The zero-order chi connectivity index (χ0) is 27.8. The van der Waals surface area contributed by atoms with Crippen molar-refractivity contribution >= 4 is 15.7 Å². The number of aromatic nitrogens is 2. The number of nitrogens with zero attached hydrogens (tertiary/aromatic N) is 3. The topological polar surface area (TPSA) is 84.4 Å². The lowest BCUT2D eigenvalue weighted by atomic mass is 9.89. The van der Waals surface area contributed by atoms with Gasteiger partial charge in [0.05, 0.1) is 34.6 Å². The van der Waals surface area contributed by atoms with Gasteiger partial charge in [-0.1, -0.05) is 12.1 Å². The summed E-state index contributed by atoms with van der Waals surface area (Å²) in [4.78, 5) is 10.8. The van der Waals surface area contributed by atoms with Gasteiger partial charge in [-0.15, -0.1) is 0 Å². The van der Waals surface area contributed by atoms with E-state index in [1.807, 2.05) is 38.4 Å². The summed E-state index contributed by atoms with van der Waals surface area (Å²) < 4.78 is 70.5. The van der Waals surface area contributed by atoms with Crippen LogP contribution in [0.2, 0.25) is 0 Å². The summed E-state index contributed by atoms with van der Waals surface area (Å²) in [5.74, 6) is 0.352. The van der Waals surface area contributed by atoms with Gasteiger partial charge in [0.15, 0.2) is 9.84 Å². The molecule has 1 aromatic carbocycles. The minimum atomic E-state index is -4.43. The first-order valence-electron chi connectivity index (χ1n) is 12.8. The molecular weight excluding hydrogens is 529 g/mol. The fraction of sp³-hybridized carbons (Fsp3) is 0.429.